The zero-order valence-corrected chi connectivity index (χ0v) is 15.7. The zero-order chi connectivity index (χ0) is 15.4. The minimum Gasteiger partial charge on any atom is -0.398 e. The van der Waals surface area contributed by atoms with Crippen LogP contribution >= 0.6 is 0 Å². The van der Waals surface area contributed by atoms with Crippen molar-refractivity contribution < 1.29 is 17.7 Å². The summed E-state index contributed by atoms with van der Waals surface area (Å²) < 4.78 is 21.3. The molecule has 0 heterocycles. The molecular formula is C12H33NO4Si2. The molecule has 0 aliphatic carbocycles. The van der Waals surface area contributed by atoms with Crippen LogP contribution in [0, 0.1) is 0 Å². The third-order valence-corrected chi connectivity index (χ3v) is 7.74. The predicted molar refractivity (Wildman–Crippen MR) is 84.8 cm³/mol. The lowest BCUT2D eigenvalue weighted by Gasteiger charge is -2.25. The Bertz CT molecular complexity index is 194. The molecule has 0 rings (SSSR count). The van der Waals surface area contributed by atoms with Gasteiger partial charge in [0.25, 0.3) is 0 Å². The Morgan fingerprint density at radius 3 is 1.53 bits per heavy atom. The Labute approximate surface area is 121 Å². The van der Waals surface area contributed by atoms with Gasteiger partial charge < -0.3 is 23.4 Å². The molecule has 0 aromatic rings. The molecule has 19 heavy (non-hydrogen) atoms. The molecule has 2 N–H and O–H groups in total. The number of rotatable bonds is 9. The summed E-state index contributed by atoms with van der Waals surface area (Å²) in [5.74, 6) is 0. The Kier molecular flexibility index (Phi) is 13.6. The van der Waals surface area contributed by atoms with Crippen molar-refractivity contribution in [1.29, 1.82) is 0 Å². The second-order valence-corrected chi connectivity index (χ2v) is 11.7. The van der Waals surface area contributed by atoms with E-state index >= 15 is 0 Å². The fourth-order valence-electron chi connectivity index (χ4n) is 1.30. The highest BCUT2D eigenvalue weighted by atomic mass is 28.4. The summed E-state index contributed by atoms with van der Waals surface area (Å²) in [5.41, 5.74) is 5.44. The fraction of sp³-hybridized carbons (Fsp3) is 1.00. The minimum absolute atomic E-state index is 0.725. The first-order chi connectivity index (χ1) is 8.80. The van der Waals surface area contributed by atoms with Gasteiger partial charge in [0.2, 0.25) is 0 Å². The van der Waals surface area contributed by atoms with Gasteiger partial charge in [-0.25, -0.2) is 0 Å². The molecule has 0 aromatic carbocycles. The van der Waals surface area contributed by atoms with Crippen LogP contribution in [0.3, 0.4) is 0 Å². The van der Waals surface area contributed by atoms with Crippen molar-refractivity contribution in [2.24, 2.45) is 5.73 Å². The van der Waals surface area contributed by atoms with Gasteiger partial charge in [-0.05, 0) is 52.5 Å². The van der Waals surface area contributed by atoms with Crippen molar-refractivity contribution in [2.45, 2.75) is 46.0 Å². The van der Waals surface area contributed by atoms with E-state index in [0.717, 1.165) is 32.2 Å². The van der Waals surface area contributed by atoms with Gasteiger partial charge in [0.15, 0.2) is 0 Å². The van der Waals surface area contributed by atoms with Gasteiger partial charge >= 0.3 is 17.1 Å². The highest BCUT2D eigenvalue weighted by Gasteiger charge is 2.29. The molecule has 0 amide bonds. The number of hydrogen-bond donors (Lipinski definition) is 1. The van der Waals surface area contributed by atoms with Crippen molar-refractivity contribution >= 4 is 17.1 Å². The SMILES string of the molecule is CCO[Si](C)(CCCN)OCC.CO[Si](C)(C)OC. The topological polar surface area (TPSA) is 62.9 Å². The maximum atomic E-state index is 5.63. The van der Waals surface area contributed by atoms with E-state index in [1.54, 1.807) is 14.2 Å². The minimum atomic E-state index is -1.85. The zero-order valence-electron chi connectivity index (χ0n) is 13.7. The van der Waals surface area contributed by atoms with E-state index in [1.807, 2.05) is 26.9 Å². The van der Waals surface area contributed by atoms with Gasteiger partial charge in [-0.3, -0.25) is 0 Å². The van der Waals surface area contributed by atoms with Crippen molar-refractivity contribution in [3.8, 4) is 0 Å². The average molecular weight is 312 g/mol. The van der Waals surface area contributed by atoms with Crippen LogP contribution in [0.5, 0.6) is 0 Å². The summed E-state index contributed by atoms with van der Waals surface area (Å²) in [5, 5.41) is 0. The average Bonchev–Trinajstić information content (AvgIpc) is 2.38. The third kappa shape index (κ3) is 13.0. The van der Waals surface area contributed by atoms with Gasteiger partial charge in [-0.1, -0.05) is 0 Å². The number of hydrogen-bond acceptors (Lipinski definition) is 5. The van der Waals surface area contributed by atoms with Gasteiger partial charge in [0.1, 0.15) is 0 Å². The lowest BCUT2D eigenvalue weighted by Crippen LogP contribution is -2.39. The first kappa shape index (κ1) is 21.5. The van der Waals surface area contributed by atoms with E-state index in [-0.39, 0.29) is 0 Å². The maximum absolute atomic E-state index is 5.63. The van der Waals surface area contributed by atoms with Crippen LogP contribution in [0.25, 0.3) is 0 Å². The second-order valence-electron chi connectivity index (χ2n) is 4.70. The van der Waals surface area contributed by atoms with E-state index in [0.29, 0.717) is 0 Å². The van der Waals surface area contributed by atoms with Gasteiger partial charge in [0, 0.05) is 27.4 Å². The van der Waals surface area contributed by atoms with E-state index < -0.39 is 17.1 Å². The van der Waals surface area contributed by atoms with E-state index in [1.165, 1.54) is 0 Å². The molecule has 0 unspecified atom stereocenters. The van der Waals surface area contributed by atoms with Crippen molar-refractivity contribution in [3.05, 3.63) is 0 Å². The molecule has 0 atom stereocenters. The predicted octanol–water partition coefficient (Wildman–Crippen LogP) is 2.46. The Balaban J connectivity index is 0. The van der Waals surface area contributed by atoms with Crippen molar-refractivity contribution in [2.75, 3.05) is 34.0 Å². The van der Waals surface area contributed by atoms with Crippen LogP contribution in [-0.4, -0.2) is 51.1 Å². The summed E-state index contributed by atoms with van der Waals surface area (Å²) in [6.45, 7) is 12.3. The van der Waals surface area contributed by atoms with Gasteiger partial charge in [0.05, 0.1) is 0 Å². The molecule has 0 bridgehead atoms. The van der Waals surface area contributed by atoms with E-state index in [4.69, 9.17) is 23.4 Å². The molecule has 0 saturated carbocycles. The Morgan fingerprint density at radius 1 is 0.895 bits per heavy atom. The van der Waals surface area contributed by atoms with Gasteiger partial charge in [-0.2, -0.15) is 0 Å². The summed E-state index contributed by atoms with van der Waals surface area (Å²) in [7, 11) is -0.149. The van der Waals surface area contributed by atoms with Crippen LogP contribution in [-0.2, 0) is 17.7 Å². The molecule has 0 radical (unpaired) electrons. The first-order valence-corrected chi connectivity index (χ1v) is 12.2. The molecule has 0 spiro atoms. The molecule has 7 heteroatoms. The maximum Gasteiger partial charge on any atom is 0.334 e. The smallest absolute Gasteiger partial charge is 0.334 e. The second kappa shape index (κ2) is 12.0. The van der Waals surface area contributed by atoms with E-state index in [2.05, 4.69) is 6.55 Å². The summed E-state index contributed by atoms with van der Waals surface area (Å²) in [6.07, 6.45) is 1.00. The standard InChI is InChI=1S/C8H21NO2Si.C4H12O2Si/c1-4-10-12(3,11-5-2)8-6-7-9;1-5-7(3,4)6-2/h4-9H2,1-3H3;1-4H3. The fourth-order valence-corrected chi connectivity index (χ4v) is 3.91. The largest absolute Gasteiger partial charge is 0.398 e. The summed E-state index contributed by atoms with van der Waals surface area (Å²) >= 11 is 0. The molecule has 118 valence electrons. The van der Waals surface area contributed by atoms with E-state index in [9.17, 15) is 0 Å². The van der Waals surface area contributed by atoms with Crippen LogP contribution in [0.15, 0.2) is 0 Å². The van der Waals surface area contributed by atoms with Crippen LogP contribution in [0.4, 0.5) is 0 Å². The normalized spacial score (nSPS) is 12.0. The summed E-state index contributed by atoms with van der Waals surface area (Å²) in [4.78, 5) is 0. The Morgan fingerprint density at radius 2 is 1.32 bits per heavy atom. The first-order valence-electron chi connectivity index (χ1n) is 6.89. The molecule has 0 aliphatic rings. The third-order valence-electron chi connectivity index (χ3n) is 2.72. The van der Waals surface area contributed by atoms with Crippen LogP contribution in [0.1, 0.15) is 20.3 Å². The van der Waals surface area contributed by atoms with Crippen molar-refractivity contribution in [1.82, 2.24) is 0 Å². The lowest BCUT2D eigenvalue weighted by atomic mass is 10.5. The lowest BCUT2D eigenvalue weighted by molar-refractivity contribution is 0.188. The molecule has 0 fully saturated rings. The molecule has 5 nitrogen and oxygen atoms in total. The van der Waals surface area contributed by atoms with Gasteiger partial charge in [-0.15, -0.1) is 0 Å². The van der Waals surface area contributed by atoms with Crippen LogP contribution in [0.2, 0.25) is 25.7 Å². The van der Waals surface area contributed by atoms with Crippen LogP contribution < -0.4 is 5.73 Å². The number of nitrogens with two attached hydrogens (primary N) is 1. The molecule has 0 saturated heterocycles. The highest BCUT2D eigenvalue weighted by Crippen LogP contribution is 2.14. The molecule has 0 aromatic heterocycles. The summed E-state index contributed by atoms with van der Waals surface area (Å²) in [6, 6.07) is 1.01. The highest BCUT2D eigenvalue weighted by molar-refractivity contribution is 6.66. The quantitative estimate of drug-likeness (QED) is 0.663. The molecular weight excluding hydrogens is 278 g/mol. The van der Waals surface area contributed by atoms with Crippen molar-refractivity contribution in [3.63, 3.8) is 0 Å². The Hall–Kier alpha value is 0.234. The molecule has 0 aliphatic heterocycles. The monoisotopic (exact) mass is 311 g/mol.